The van der Waals surface area contributed by atoms with E-state index in [1.807, 2.05) is 24.3 Å². The fraction of sp³-hybridized carbons (Fsp3) is 0.250. The third-order valence-corrected chi connectivity index (χ3v) is 5.88. The molecule has 0 saturated carbocycles. The van der Waals surface area contributed by atoms with E-state index in [0.29, 0.717) is 30.3 Å². The van der Waals surface area contributed by atoms with Crippen LogP contribution in [-0.4, -0.2) is 46.3 Å². The van der Waals surface area contributed by atoms with Crippen molar-refractivity contribution in [3.05, 3.63) is 59.7 Å². The number of hydrogen-bond donors (Lipinski definition) is 0. The van der Waals surface area contributed by atoms with Crippen LogP contribution >= 0.6 is 11.3 Å². The lowest BCUT2D eigenvalue weighted by atomic mass is 10.0. The average molecular weight is 414 g/mol. The summed E-state index contributed by atoms with van der Waals surface area (Å²) in [6.07, 6.45) is 1.85. The van der Waals surface area contributed by atoms with Gasteiger partial charge in [0.05, 0.1) is 29.3 Å². The van der Waals surface area contributed by atoms with E-state index >= 15 is 0 Å². The van der Waals surface area contributed by atoms with Crippen LogP contribution in [0.5, 0.6) is 5.19 Å². The predicted octanol–water partition coefficient (Wildman–Crippen LogP) is 4.19. The van der Waals surface area contributed by atoms with E-state index in [1.54, 1.807) is 11.1 Å². The van der Waals surface area contributed by atoms with Crippen LogP contribution < -0.4 is 4.74 Å². The van der Waals surface area contributed by atoms with E-state index in [0.717, 1.165) is 16.3 Å². The van der Waals surface area contributed by atoms with Gasteiger partial charge in [-0.25, -0.2) is 23.6 Å². The highest BCUT2D eigenvalue weighted by Crippen LogP contribution is 2.33. The van der Waals surface area contributed by atoms with Crippen LogP contribution in [0.1, 0.15) is 18.0 Å². The summed E-state index contributed by atoms with van der Waals surface area (Å²) in [6.45, 7) is 0.815. The molecule has 29 heavy (non-hydrogen) atoms. The molecule has 1 unspecified atom stereocenters. The fourth-order valence-corrected chi connectivity index (χ4v) is 4.38. The Morgan fingerprint density at radius 3 is 2.66 bits per heavy atom. The molecule has 3 heterocycles. The van der Waals surface area contributed by atoms with E-state index in [2.05, 4.69) is 10.1 Å². The highest BCUT2D eigenvalue weighted by molar-refractivity contribution is 7.20. The van der Waals surface area contributed by atoms with Gasteiger partial charge in [-0.1, -0.05) is 23.5 Å². The molecule has 6 nitrogen and oxygen atoms in total. The predicted molar refractivity (Wildman–Crippen MR) is 105 cm³/mol. The van der Waals surface area contributed by atoms with Gasteiger partial charge >= 0.3 is 6.03 Å². The lowest BCUT2D eigenvalue weighted by Gasteiger charge is -2.40. The summed E-state index contributed by atoms with van der Waals surface area (Å²) in [4.78, 5) is 18.8. The molecule has 0 bridgehead atoms. The summed E-state index contributed by atoms with van der Waals surface area (Å²) < 4.78 is 34.1. The number of hydrogen-bond acceptors (Lipinski definition) is 5. The lowest BCUT2D eigenvalue weighted by molar-refractivity contribution is 0.0277. The van der Waals surface area contributed by atoms with Gasteiger partial charge in [0.2, 0.25) is 0 Å². The molecule has 0 radical (unpaired) electrons. The monoisotopic (exact) mass is 414 g/mol. The van der Waals surface area contributed by atoms with E-state index < -0.39 is 17.7 Å². The van der Waals surface area contributed by atoms with Gasteiger partial charge in [-0.15, -0.1) is 0 Å². The van der Waals surface area contributed by atoms with Gasteiger partial charge in [0.15, 0.2) is 0 Å². The van der Waals surface area contributed by atoms with Crippen molar-refractivity contribution in [2.24, 2.45) is 5.10 Å². The molecule has 0 N–H and O–H groups in total. The first-order valence-electron chi connectivity index (χ1n) is 9.15. The molecular weight excluding hydrogens is 398 g/mol. The number of rotatable bonds is 3. The van der Waals surface area contributed by atoms with Crippen molar-refractivity contribution in [1.82, 2.24) is 14.9 Å². The van der Waals surface area contributed by atoms with Crippen LogP contribution in [0, 0.1) is 11.6 Å². The van der Waals surface area contributed by atoms with Crippen LogP contribution in [0.25, 0.3) is 10.2 Å². The quantitative estimate of drug-likeness (QED) is 0.646. The number of thiazole rings is 1. The summed E-state index contributed by atoms with van der Waals surface area (Å²) in [5.74, 6) is -1.35. The highest BCUT2D eigenvalue weighted by Gasteiger charge is 2.39. The molecule has 1 saturated heterocycles. The number of para-hydroxylation sites is 1. The molecule has 148 valence electrons. The Hall–Kier alpha value is -3.07. The molecule has 2 amide bonds. The number of benzene rings is 2. The summed E-state index contributed by atoms with van der Waals surface area (Å²) in [7, 11) is 0. The van der Waals surface area contributed by atoms with Gasteiger partial charge in [-0.3, -0.25) is 0 Å². The average Bonchev–Trinajstić information content (AvgIpc) is 3.29. The van der Waals surface area contributed by atoms with Crippen LogP contribution in [0.4, 0.5) is 13.6 Å². The zero-order valence-corrected chi connectivity index (χ0v) is 16.0. The molecule has 0 spiro atoms. The minimum Gasteiger partial charge on any atom is -0.463 e. The highest BCUT2D eigenvalue weighted by atomic mass is 32.1. The van der Waals surface area contributed by atoms with Crippen molar-refractivity contribution in [3.63, 3.8) is 0 Å². The summed E-state index contributed by atoms with van der Waals surface area (Å²) >= 11 is 1.47. The van der Waals surface area contributed by atoms with Crippen LogP contribution in [0.15, 0.2) is 47.6 Å². The number of hydrazone groups is 1. The molecule has 1 fully saturated rings. The van der Waals surface area contributed by atoms with E-state index in [1.165, 1.54) is 28.5 Å². The van der Waals surface area contributed by atoms with Gasteiger partial charge in [-0.2, -0.15) is 5.10 Å². The first-order valence-corrected chi connectivity index (χ1v) is 9.97. The van der Waals surface area contributed by atoms with Gasteiger partial charge in [0.25, 0.3) is 5.19 Å². The summed E-state index contributed by atoms with van der Waals surface area (Å²) in [5, 5.41) is 5.97. The molecule has 2 aliphatic heterocycles. The van der Waals surface area contributed by atoms with Crippen molar-refractivity contribution in [2.75, 3.05) is 13.1 Å². The zero-order valence-electron chi connectivity index (χ0n) is 15.2. The maximum absolute atomic E-state index is 13.6. The Labute approximate surface area is 169 Å². The standard InChI is InChI=1S/C20H16F2N4O2S/c21-13-7-12(8-14(22)9-13)17-5-6-23-26(17)20(27)25-10-15(11-25)28-19-24-16-3-1-2-4-18(16)29-19/h1-4,6-9,15,17H,5,10-11H2. The van der Waals surface area contributed by atoms with Crippen molar-refractivity contribution >= 4 is 33.8 Å². The molecule has 1 atom stereocenters. The number of urea groups is 1. The Bertz CT molecular complexity index is 1060. The molecule has 5 rings (SSSR count). The first-order chi connectivity index (χ1) is 14.1. The van der Waals surface area contributed by atoms with Crippen molar-refractivity contribution in [2.45, 2.75) is 18.6 Å². The second-order valence-corrected chi connectivity index (χ2v) is 7.97. The maximum atomic E-state index is 13.6. The number of halogens is 2. The smallest absolute Gasteiger partial charge is 0.341 e. The van der Waals surface area contributed by atoms with Crippen LogP contribution in [0.3, 0.4) is 0 Å². The lowest BCUT2D eigenvalue weighted by Crippen LogP contribution is -2.58. The number of ether oxygens (including phenoxy) is 1. The van der Waals surface area contributed by atoms with Gasteiger partial charge < -0.3 is 9.64 Å². The molecule has 3 aromatic rings. The SMILES string of the molecule is O=C(N1CC(Oc2nc3ccccc3s2)C1)N1N=CCC1c1cc(F)cc(F)c1. The number of carbonyl (C=O) groups excluding carboxylic acids is 1. The Morgan fingerprint density at radius 2 is 1.90 bits per heavy atom. The minimum absolute atomic E-state index is 0.142. The summed E-state index contributed by atoms with van der Waals surface area (Å²) in [5.41, 5.74) is 1.27. The van der Waals surface area contributed by atoms with E-state index in [9.17, 15) is 13.6 Å². The number of nitrogens with zero attached hydrogens (tertiary/aromatic N) is 4. The molecule has 1 aromatic heterocycles. The Balaban J connectivity index is 1.23. The van der Waals surface area contributed by atoms with Gasteiger partial charge in [-0.05, 0) is 29.8 Å². The number of amides is 2. The summed E-state index contributed by atoms with van der Waals surface area (Å²) in [6, 6.07) is 10.2. The van der Waals surface area contributed by atoms with Gasteiger partial charge in [0.1, 0.15) is 17.7 Å². The second-order valence-electron chi connectivity index (χ2n) is 6.97. The van der Waals surface area contributed by atoms with E-state index in [-0.39, 0.29) is 12.1 Å². The van der Waals surface area contributed by atoms with Crippen molar-refractivity contribution < 1.29 is 18.3 Å². The maximum Gasteiger partial charge on any atom is 0.341 e. The number of aromatic nitrogens is 1. The zero-order chi connectivity index (χ0) is 20.0. The number of carbonyl (C=O) groups is 1. The second kappa shape index (κ2) is 7.07. The molecule has 2 aliphatic rings. The van der Waals surface area contributed by atoms with Crippen molar-refractivity contribution in [3.8, 4) is 5.19 Å². The first kappa shape index (κ1) is 18.0. The topological polar surface area (TPSA) is 58.0 Å². The third kappa shape index (κ3) is 3.42. The number of fused-ring (bicyclic) bond motifs is 1. The molecule has 9 heteroatoms. The fourth-order valence-electron chi connectivity index (χ4n) is 3.50. The van der Waals surface area contributed by atoms with Crippen molar-refractivity contribution in [1.29, 1.82) is 0 Å². The molecule has 0 aliphatic carbocycles. The van der Waals surface area contributed by atoms with Gasteiger partial charge in [0, 0.05) is 18.7 Å². The number of likely N-dealkylation sites (tertiary alicyclic amines) is 1. The molecular formula is C20H16F2N4O2S. The largest absolute Gasteiger partial charge is 0.463 e. The van der Waals surface area contributed by atoms with Crippen LogP contribution in [-0.2, 0) is 0 Å². The normalized spacial score (nSPS) is 19.0. The minimum atomic E-state index is -0.674. The van der Waals surface area contributed by atoms with Crippen LogP contribution in [0.2, 0.25) is 0 Å². The van der Waals surface area contributed by atoms with E-state index in [4.69, 9.17) is 4.74 Å². The Morgan fingerprint density at radius 1 is 1.14 bits per heavy atom. The Kier molecular flexibility index (Phi) is 4.39. The third-order valence-electron chi connectivity index (χ3n) is 4.96. The molecule has 2 aromatic carbocycles.